The summed E-state index contributed by atoms with van der Waals surface area (Å²) < 4.78 is 0. The van der Waals surface area contributed by atoms with E-state index in [0.29, 0.717) is 10.9 Å². The van der Waals surface area contributed by atoms with E-state index in [4.69, 9.17) is 5.11 Å². The molecule has 0 radical (unpaired) electrons. The summed E-state index contributed by atoms with van der Waals surface area (Å²) in [5, 5.41) is 9.27. The first kappa shape index (κ1) is 13.4. The lowest BCUT2D eigenvalue weighted by Crippen LogP contribution is -2.15. The molecule has 2 N–H and O–H groups in total. The first-order valence-electron chi connectivity index (χ1n) is 5.79. The minimum absolute atomic E-state index is 0.245. The summed E-state index contributed by atoms with van der Waals surface area (Å²) in [6.45, 7) is 0. The number of aromatic amines is 1. The first-order chi connectivity index (χ1) is 9.13. The van der Waals surface area contributed by atoms with Crippen molar-refractivity contribution >= 4 is 35.6 Å². The Balaban J connectivity index is 2.49. The summed E-state index contributed by atoms with van der Waals surface area (Å²) in [6.07, 6.45) is 6.04. The van der Waals surface area contributed by atoms with E-state index in [1.165, 1.54) is 6.20 Å². The van der Waals surface area contributed by atoms with Crippen molar-refractivity contribution in [1.29, 1.82) is 0 Å². The van der Waals surface area contributed by atoms with Gasteiger partial charge in [0.25, 0.3) is 0 Å². The van der Waals surface area contributed by atoms with Gasteiger partial charge in [0, 0.05) is 17.1 Å². The minimum Gasteiger partial charge on any atom is -0.477 e. The number of nitrogens with one attached hydrogen (secondary N) is 1. The predicted octanol–water partition coefficient (Wildman–Crippen LogP) is 2.56. The molecule has 0 saturated heterocycles. The zero-order chi connectivity index (χ0) is 13.8. The number of thiol groups is 1. The molecule has 19 heavy (non-hydrogen) atoms. The lowest BCUT2D eigenvalue weighted by atomic mass is 10.1. The van der Waals surface area contributed by atoms with Crippen LogP contribution in [0.4, 0.5) is 0 Å². The van der Waals surface area contributed by atoms with Crippen molar-refractivity contribution in [1.82, 2.24) is 4.98 Å². The Bertz CT molecular complexity index is 703. The third kappa shape index (κ3) is 2.88. The molecule has 0 aliphatic rings. The molecule has 98 valence electrons. The Kier molecular flexibility index (Phi) is 4.06. The maximum absolute atomic E-state index is 11.9. The third-order valence-electron chi connectivity index (χ3n) is 2.74. The summed E-state index contributed by atoms with van der Waals surface area (Å²) in [4.78, 5) is 25.6. The number of benzene rings is 1. The highest BCUT2D eigenvalue weighted by Gasteiger charge is 2.10. The van der Waals surface area contributed by atoms with Crippen molar-refractivity contribution in [2.45, 2.75) is 6.42 Å². The second kappa shape index (κ2) is 5.75. The number of carboxylic acid groups (broad SMARTS) is 1. The Labute approximate surface area is 115 Å². The van der Waals surface area contributed by atoms with E-state index in [-0.39, 0.29) is 5.56 Å². The predicted molar refractivity (Wildman–Crippen MR) is 79.0 cm³/mol. The Morgan fingerprint density at radius 3 is 2.89 bits per heavy atom. The summed E-state index contributed by atoms with van der Waals surface area (Å²) in [5.41, 5.74) is 0.869. The van der Waals surface area contributed by atoms with E-state index in [2.05, 4.69) is 17.6 Å². The van der Waals surface area contributed by atoms with Gasteiger partial charge in [-0.1, -0.05) is 18.2 Å². The van der Waals surface area contributed by atoms with Crippen LogP contribution in [0.3, 0.4) is 0 Å². The number of fused-ring (bicyclic) bond motifs is 1. The van der Waals surface area contributed by atoms with Crippen LogP contribution in [0.1, 0.15) is 22.3 Å². The number of pyridine rings is 1. The van der Waals surface area contributed by atoms with Gasteiger partial charge in [0.2, 0.25) is 5.43 Å². The number of rotatable bonds is 4. The molecule has 4 nitrogen and oxygen atoms in total. The van der Waals surface area contributed by atoms with Crippen LogP contribution in [-0.2, 0) is 0 Å². The first-order valence-corrected chi connectivity index (χ1v) is 6.43. The SMILES string of the molecule is O=C(O)c1c[nH]c2cc(C=CCCS)ccc2c1=O. The van der Waals surface area contributed by atoms with E-state index in [9.17, 15) is 9.59 Å². The molecular weight excluding hydrogens is 262 g/mol. The molecule has 0 bridgehead atoms. The van der Waals surface area contributed by atoms with Crippen LogP contribution in [0.5, 0.6) is 0 Å². The Morgan fingerprint density at radius 2 is 2.21 bits per heavy atom. The van der Waals surface area contributed by atoms with Gasteiger partial charge in [-0.2, -0.15) is 12.6 Å². The fourth-order valence-corrected chi connectivity index (χ4v) is 1.95. The smallest absolute Gasteiger partial charge is 0.341 e. The van der Waals surface area contributed by atoms with Crippen LogP contribution in [-0.4, -0.2) is 21.8 Å². The molecule has 0 amide bonds. The molecule has 0 fully saturated rings. The van der Waals surface area contributed by atoms with Crippen LogP contribution in [0.15, 0.2) is 35.3 Å². The molecular formula is C14H13NO3S. The van der Waals surface area contributed by atoms with Gasteiger partial charge in [-0.3, -0.25) is 4.79 Å². The van der Waals surface area contributed by atoms with Crippen molar-refractivity contribution in [2.24, 2.45) is 0 Å². The highest BCUT2D eigenvalue weighted by atomic mass is 32.1. The van der Waals surface area contributed by atoms with Crippen molar-refractivity contribution in [3.8, 4) is 0 Å². The van der Waals surface area contributed by atoms with Crippen molar-refractivity contribution in [2.75, 3.05) is 5.75 Å². The largest absolute Gasteiger partial charge is 0.477 e. The molecule has 1 aromatic heterocycles. The summed E-state index contributed by atoms with van der Waals surface area (Å²) in [7, 11) is 0. The monoisotopic (exact) mass is 275 g/mol. The van der Waals surface area contributed by atoms with Crippen molar-refractivity contribution < 1.29 is 9.90 Å². The number of aromatic carboxylic acids is 1. The lowest BCUT2D eigenvalue weighted by molar-refractivity contribution is 0.0695. The topological polar surface area (TPSA) is 70.2 Å². The highest BCUT2D eigenvalue weighted by molar-refractivity contribution is 7.80. The van der Waals surface area contributed by atoms with E-state index in [1.54, 1.807) is 12.1 Å². The van der Waals surface area contributed by atoms with Gasteiger partial charge in [0.05, 0.1) is 0 Å². The number of allylic oxidation sites excluding steroid dienone is 1. The number of hydrogen-bond donors (Lipinski definition) is 3. The maximum Gasteiger partial charge on any atom is 0.341 e. The number of hydrogen-bond acceptors (Lipinski definition) is 3. The lowest BCUT2D eigenvalue weighted by Gasteiger charge is -2.01. The van der Waals surface area contributed by atoms with Crippen LogP contribution < -0.4 is 5.43 Å². The fraction of sp³-hybridized carbons (Fsp3) is 0.143. The highest BCUT2D eigenvalue weighted by Crippen LogP contribution is 2.13. The molecule has 0 unspecified atom stereocenters. The molecule has 0 saturated carbocycles. The summed E-state index contributed by atoms with van der Waals surface area (Å²) >= 11 is 4.12. The van der Waals surface area contributed by atoms with Gasteiger partial charge >= 0.3 is 5.97 Å². The van der Waals surface area contributed by atoms with Crippen LogP contribution in [0.25, 0.3) is 17.0 Å². The zero-order valence-corrected chi connectivity index (χ0v) is 11.0. The molecule has 2 aromatic rings. The third-order valence-corrected chi connectivity index (χ3v) is 3.00. The molecule has 0 spiro atoms. The standard InChI is InChI=1S/C14H13NO3S/c16-13-10-5-4-9(3-1-2-6-19)7-12(10)15-8-11(13)14(17)18/h1,3-5,7-8,19H,2,6H2,(H,15,16)(H,17,18). The Hall–Kier alpha value is -2.01. The van der Waals surface area contributed by atoms with Gasteiger partial charge in [-0.05, 0) is 29.9 Å². The molecule has 5 heteroatoms. The molecule has 1 aromatic carbocycles. The van der Waals surface area contributed by atoms with E-state index >= 15 is 0 Å². The zero-order valence-electron chi connectivity index (χ0n) is 10.1. The molecule has 1 heterocycles. The van der Waals surface area contributed by atoms with Gasteiger partial charge in [-0.15, -0.1) is 0 Å². The normalized spacial score (nSPS) is 11.2. The fourth-order valence-electron chi connectivity index (χ4n) is 1.80. The van der Waals surface area contributed by atoms with Gasteiger partial charge in [0.15, 0.2) is 0 Å². The maximum atomic E-state index is 11.9. The van der Waals surface area contributed by atoms with Crippen LogP contribution in [0.2, 0.25) is 0 Å². The Morgan fingerprint density at radius 1 is 1.42 bits per heavy atom. The van der Waals surface area contributed by atoms with Gasteiger partial charge < -0.3 is 10.1 Å². The number of aromatic nitrogens is 1. The second-order valence-electron chi connectivity index (χ2n) is 4.06. The summed E-state index contributed by atoms with van der Waals surface area (Å²) in [6, 6.07) is 5.25. The average Bonchev–Trinajstić information content (AvgIpc) is 2.39. The number of carboxylic acids is 1. The van der Waals surface area contributed by atoms with Crippen molar-refractivity contribution in [3.63, 3.8) is 0 Å². The van der Waals surface area contributed by atoms with Gasteiger partial charge in [0.1, 0.15) is 5.56 Å². The van der Waals surface area contributed by atoms with Crippen LogP contribution >= 0.6 is 12.6 Å². The minimum atomic E-state index is -1.22. The molecule has 2 rings (SSSR count). The van der Waals surface area contributed by atoms with E-state index in [0.717, 1.165) is 17.7 Å². The molecule has 0 atom stereocenters. The quantitative estimate of drug-likeness (QED) is 0.751. The van der Waals surface area contributed by atoms with Crippen molar-refractivity contribution in [3.05, 3.63) is 51.8 Å². The van der Waals surface area contributed by atoms with E-state index < -0.39 is 11.4 Å². The van der Waals surface area contributed by atoms with Gasteiger partial charge in [-0.25, -0.2) is 4.79 Å². The number of H-pyrrole nitrogens is 1. The summed E-state index contributed by atoms with van der Waals surface area (Å²) in [5.74, 6) is -0.441. The van der Waals surface area contributed by atoms with Crippen LogP contribution in [0, 0.1) is 0 Å². The number of carbonyl (C=O) groups is 1. The molecule has 0 aliphatic carbocycles. The average molecular weight is 275 g/mol. The second-order valence-corrected chi connectivity index (χ2v) is 4.50. The van der Waals surface area contributed by atoms with E-state index in [1.807, 2.05) is 18.2 Å². The molecule has 0 aliphatic heterocycles.